The zero-order valence-electron chi connectivity index (χ0n) is 12.1. The SMILES string of the molecule is C=Cc1ccc(C/C=[CH]/[Ge]([CH2]C)([CH2]C)[CH2]C)cc1. The van der Waals surface area contributed by atoms with Gasteiger partial charge >= 0.3 is 115 Å². The van der Waals surface area contributed by atoms with Gasteiger partial charge in [-0.25, -0.2) is 0 Å². The van der Waals surface area contributed by atoms with Crippen molar-refractivity contribution in [1.82, 2.24) is 0 Å². The van der Waals surface area contributed by atoms with Crippen molar-refractivity contribution in [2.75, 3.05) is 0 Å². The molecule has 0 aliphatic carbocycles. The Morgan fingerprint density at radius 3 is 2.00 bits per heavy atom. The summed E-state index contributed by atoms with van der Waals surface area (Å²) in [7, 11) is 0. The third-order valence-electron chi connectivity index (χ3n) is 4.15. The van der Waals surface area contributed by atoms with E-state index in [9.17, 15) is 0 Å². The topological polar surface area (TPSA) is 0 Å². The molecule has 0 atom stereocenters. The van der Waals surface area contributed by atoms with Gasteiger partial charge in [-0.3, -0.25) is 0 Å². The van der Waals surface area contributed by atoms with Crippen molar-refractivity contribution in [3.8, 4) is 0 Å². The van der Waals surface area contributed by atoms with Gasteiger partial charge in [0.15, 0.2) is 0 Å². The van der Waals surface area contributed by atoms with E-state index in [1.54, 1.807) is 0 Å². The van der Waals surface area contributed by atoms with E-state index in [1.165, 1.54) is 26.9 Å². The third-order valence-corrected chi connectivity index (χ3v) is 15.0. The Hall–Kier alpha value is -0.757. The maximum atomic E-state index is 3.78. The minimum atomic E-state index is -1.61. The van der Waals surface area contributed by atoms with Gasteiger partial charge in [0.05, 0.1) is 0 Å². The molecule has 0 saturated heterocycles. The summed E-state index contributed by atoms with van der Waals surface area (Å²) in [5.41, 5.74) is 2.60. The predicted molar refractivity (Wildman–Crippen MR) is 86.6 cm³/mol. The van der Waals surface area contributed by atoms with Crippen LogP contribution in [-0.2, 0) is 6.42 Å². The van der Waals surface area contributed by atoms with E-state index in [2.05, 4.69) is 62.6 Å². The second-order valence-electron chi connectivity index (χ2n) is 4.98. The fraction of sp³-hybridized carbons (Fsp3) is 0.412. The molecule has 0 bridgehead atoms. The van der Waals surface area contributed by atoms with Gasteiger partial charge in [-0.15, -0.1) is 0 Å². The van der Waals surface area contributed by atoms with Gasteiger partial charge in [-0.2, -0.15) is 0 Å². The van der Waals surface area contributed by atoms with Gasteiger partial charge in [0.2, 0.25) is 0 Å². The Balaban J connectivity index is 2.65. The first-order valence-corrected chi connectivity index (χ1v) is 12.7. The normalized spacial score (nSPS) is 11.9. The van der Waals surface area contributed by atoms with E-state index in [4.69, 9.17) is 0 Å². The zero-order valence-corrected chi connectivity index (χ0v) is 14.2. The van der Waals surface area contributed by atoms with Gasteiger partial charge in [0, 0.05) is 0 Å². The first-order chi connectivity index (χ1) is 8.69. The standard InChI is InChI=1S/C17H26Ge/c1-5-16-11-13-17(14-12-16)10-9-15-18(6-2,7-3)8-4/h5,9,11-15H,1,6-8,10H2,2-4H3/b15-9+. The Labute approximate surface area is 115 Å². The molecular formula is C17H26Ge. The van der Waals surface area contributed by atoms with Crippen LogP contribution in [0.2, 0.25) is 15.8 Å². The molecule has 1 heteroatoms. The van der Waals surface area contributed by atoms with Crippen molar-refractivity contribution in [3.63, 3.8) is 0 Å². The van der Waals surface area contributed by atoms with Crippen molar-refractivity contribution in [2.24, 2.45) is 0 Å². The molecule has 0 N–H and O–H groups in total. The molecule has 1 aromatic carbocycles. The van der Waals surface area contributed by atoms with Crippen LogP contribution in [0.3, 0.4) is 0 Å². The van der Waals surface area contributed by atoms with Crippen molar-refractivity contribution in [1.29, 1.82) is 0 Å². The van der Waals surface area contributed by atoms with Crippen LogP contribution < -0.4 is 0 Å². The molecule has 0 aliphatic rings. The molecule has 0 heterocycles. The number of benzene rings is 1. The van der Waals surface area contributed by atoms with Crippen LogP contribution in [0, 0.1) is 0 Å². The molecule has 98 valence electrons. The van der Waals surface area contributed by atoms with Crippen LogP contribution in [0.5, 0.6) is 0 Å². The third kappa shape index (κ3) is 4.17. The monoisotopic (exact) mass is 304 g/mol. The fourth-order valence-corrected chi connectivity index (χ4v) is 8.27. The minimum absolute atomic E-state index is 1.07. The number of allylic oxidation sites excluding steroid dienone is 1. The van der Waals surface area contributed by atoms with Gasteiger partial charge < -0.3 is 0 Å². The van der Waals surface area contributed by atoms with Crippen LogP contribution in [0.15, 0.2) is 41.8 Å². The van der Waals surface area contributed by atoms with Crippen molar-refractivity contribution < 1.29 is 0 Å². The molecular weight excluding hydrogens is 277 g/mol. The van der Waals surface area contributed by atoms with Crippen LogP contribution in [0.1, 0.15) is 31.9 Å². The van der Waals surface area contributed by atoms with E-state index in [1.807, 2.05) is 6.08 Å². The molecule has 0 nitrogen and oxygen atoms in total. The summed E-state index contributed by atoms with van der Waals surface area (Å²) in [4.78, 5) is 2.61. The molecule has 0 spiro atoms. The second-order valence-corrected chi connectivity index (χ2v) is 15.8. The van der Waals surface area contributed by atoms with Crippen LogP contribution >= 0.6 is 0 Å². The Kier molecular flexibility index (Phi) is 6.48. The second kappa shape index (κ2) is 7.63. The van der Waals surface area contributed by atoms with E-state index < -0.39 is 13.3 Å². The van der Waals surface area contributed by atoms with E-state index in [0.29, 0.717) is 0 Å². The first-order valence-electron chi connectivity index (χ1n) is 7.08. The number of hydrogen-bond acceptors (Lipinski definition) is 0. The van der Waals surface area contributed by atoms with Gasteiger partial charge in [-0.05, 0) is 0 Å². The average Bonchev–Trinajstić information content (AvgIpc) is 2.45. The zero-order chi connectivity index (χ0) is 13.4. The molecule has 0 saturated carbocycles. The quantitative estimate of drug-likeness (QED) is 0.585. The first kappa shape index (κ1) is 15.3. The van der Waals surface area contributed by atoms with E-state index in [0.717, 1.165) is 6.42 Å². The Bertz CT molecular complexity index is 374. The summed E-state index contributed by atoms with van der Waals surface area (Å²) in [5, 5.41) is 4.25. The summed E-state index contributed by atoms with van der Waals surface area (Å²) in [6, 6.07) is 8.70. The average molecular weight is 303 g/mol. The Morgan fingerprint density at radius 1 is 1.00 bits per heavy atom. The molecule has 0 radical (unpaired) electrons. The molecule has 0 aliphatic heterocycles. The number of rotatable bonds is 7. The molecule has 0 amide bonds. The van der Waals surface area contributed by atoms with Crippen molar-refractivity contribution in [2.45, 2.75) is 43.0 Å². The summed E-state index contributed by atoms with van der Waals surface area (Å²) < 4.78 is 0. The van der Waals surface area contributed by atoms with Gasteiger partial charge in [0.1, 0.15) is 0 Å². The van der Waals surface area contributed by atoms with Gasteiger partial charge in [0.25, 0.3) is 0 Å². The Morgan fingerprint density at radius 2 is 1.56 bits per heavy atom. The van der Waals surface area contributed by atoms with Crippen LogP contribution in [-0.4, -0.2) is 13.3 Å². The number of hydrogen-bond donors (Lipinski definition) is 0. The molecule has 1 aromatic rings. The predicted octanol–water partition coefficient (Wildman–Crippen LogP) is 5.48. The molecule has 0 fully saturated rings. The summed E-state index contributed by atoms with van der Waals surface area (Å²) >= 11 is -1.61. The van der Waals surface area contributed by atoms with Crippen molar-refractivity contribution in [3.05, 3.63) is 53.0 Å². The van der Waals surface area contributed by atoms with Gasteiger partial charge in [-0.1, -0.05) is 0 Å². The van der Waals surface area contributed by atoms with Crippen molar-refractivity contribution >= 4 is 19.3 Å². The van der Waals surface area contributed by atoms with E-state index >= 15 is 0 Å². The molecule has 1 rings (SSSR count). The van der Waals surface area contributed by atoms with Crippen LogP contribution in [0.25, 0.3) is 6.08 Å². The summed E-state index contributed by atoms with van der Waals surface area (Å²) in [5.74, 6) is 0. The van der Waals surface area contributed by atoms with E-state index in [-0.39, 0.29) is 0 Å². The molecule has 18 heavy (non-hydrogen) atoms. The summed E-state index contributed by atoms with van der Waals surface area (Å²) in [6.07, 6.45) is 5.38. The summed E-state index contributed by atoms with van der Waals surface area (Å²) in [6.45, 7) is 10.9. The fourth-order valence-electron chi connectivity index (χ4n) is 2.34. The van der Waals surface area contributed by atoms with Crippen LogP contribution in [0.4, 0.5) is 0 Å². The maximum absolute atomic E-state index is 3.78. The molecule has 0 aromatic heterocycles. The molecule has 0 unspecified atom stereocenters.